The molecule has 19 heavy (non-hydrogen) atoms. The van der Waals surface area contributed by atoms with Crippen LogP contribution in [0.1, 0.15) is 36.7 Å². The van der Waals surface area contributed by atoms with Gasteiger partial charge in [-0.15, -0.1) is 0 Å². The third kappa shape index (κ3) is 4.90. The van der Waals surface area contributed by atoms with E-state index in [1.165, 1.54) is 0 Å². The number of rotatable bonds is 8. The van der Waals surface area contributed by atoms with Gasteiger partial charge in [0.2, 0.25) is 0 Å². The fourth-order valence-corrected chi connectivity index (χ4v) is 3.29. The lowest BCUT2D eigenvalue weighted by atomic mass is 10.1. The Balaban J connectivity index is 2.78. The molecule has 0 aliphatic rings. The molecular weight excluding hydrogens is 263 g/mol. The number of carbonyl (C=O) groups excluding carboxylic acids is 1. The van der Waals surface area contributed by atoms with Gasteiger partial charge in [-0.1, -0.05) is 31.2 Å². The Hall–Kier alpha value is -0.960. The average Bonchev–Trinajstić information content (AvgIpc) is 2.39. The molecule has 0 aliphatic carbocycles. The van der Waals surface area contributed by atoms with Crippen LogP contribution in [0.4, 0.5) is 0 Å². The molecule has 0 heterocycles. The summed E-state index contributed by atoms with van der Waals surface area (Å²) < 4.78 is 22.5. The van der Waals surface area contributed by atoms with Crippen molar-refractivity contribution in [3.05, 3.63) is 35.4 Å². The molecule has 5 heteroatoms. The molecule has 1 aromatic carbocycles. The van der Waals surface area contributed by atoms with E-state index < -0.39 is 7.60 Å². The van der Waals surface area contributed by atoms with Crippen LogP contribution in [0, 0.1) is 0 Å². The zero-order valence-corrected chi connectivity index (χ0v) is 12.6. The van der Waals surface area contributed by atoms with Gasteiger partial charge in [0.1, 0.15) is 6.16 Å². The van der Waals surface area contributed by atoms with Crippen molar-refractivity contribution in [1.29, 1.82) is 0 Å². The maximum atomic E-state index is 12.3. The van der Waals surface area contributed by atoms with Gasteiger partial charge in [-0.25, -0.2) is 0 Å². The van der Waals surface area contributed by atoms with Crippen molar-refractivity contribution >= 4 is 13.4 Å². The Morgan fingerprint density at radius 3 is 2.00 bits per heavy atom. The Labute approximate surface area is 114 Å². The quantitative estimate of drug-likeness (QED) is 0.539. The number of hydrogen-bond donors (Lipinski definition) is 0. The minimum absolute atomic E-state index is 0.208. The zero-order chi connectivity index (χ0) is 14.3. The Kier molecular flexibility index (Phi) is 6.43. The molecule has 1 aromatic rings. The van der Waals surface area contributed by atoms with Crippen LogP contribution in [0.2, 0.25) is 0 Å². The second-order valence-electron chi connectivity index (χ2n) is 4.08. The SMILES string of the molecule is CCOP(=O)(CC(=O)c1ccc(CC)cc1)OCC. The molecule has 0 aromatic heterocycles. The molecular formula is C14H21O4P. The summed E-state index contributed by atoms with van der Waals surface area (Å²) in [5.41, 5.74) is 1.70. The van der Waals surface area contributed by atoms with E-state index >= 15 is 0 Å². The van der Waals surface area contributed by atoms with Crippen LogP contribution >= 0.6 is 7.60 Å². The summed E-state index contributed by atoms with van der Waals surface area (Å²) in [6, 6.07) is 7.31. The Morgan fingerprint density at radius 1 is 1.05 bits per heavy atom. The van der Waals surface area contributed by atoms with Crippen LogP contribution in [-0.4, -0.2) is 25.2 Å². The van der Waals surface area contributed by atoms with Crippen molar-refractivity contribution in [3.63, 3.8) is 0 Å². The van der Waals surface area contributed by atoms with E-state index in [-0.39, 0.29) is 25.2 Å². The predicted molar refractivity (Wildman–Crippen MR) is 75.9 cm³/mol. The van der Waals surface area contributed by atoms with Crippen LogP contribution in [0.25, 0.3) is 0 Å². The summed E-state index contributed by atoms with van der Waals surface area (Å²) in [4.78, 5) is 12.1. The molecule has 0 atom stereocenters. The molecule has 1 rings (SSSR count). The van der Waals surface area contributed by atoms with Gasteiger partial charge in [0, 0.05) is 5.56 Å². The second kappa shape index (κ2) is 7.59. The monoisotopic (exact) mass is 284 g/mol. The fourth-order valence-electron chi connectivity index (χ4n) is 1.72. The minimum Gasteiger partial charge on any atom is -0.309 e. The topological polar surface area (TPSA) is 52.6 Å². The molecule has 0 saturated carbocycles. The molecule has 0 N–H and O–H groups in total. The summed E-state index contributed by atoms with van der Waals surface area (Å²) >= 11 is 0. The van der Waals surface area contributed by atoms with Crippen LogP contribution in [0.5, 0.6) is 0 Å². The number of ketones is 1. The molecule has 0 bridgehead atoms. The van der Waals surface area contributed by atoms with Gasteiger partial charge in [-0.3, -0.25) is 9.36 Å². The number of hydrogen-bond acceptors (Lipinski definition) is 4. The normalized spacial score (nSPS) is 11.5. The first-order valence-corrected chi connectivity index (χ1v) is 8.27. The molecule has 106 valence electrons. The first kappa shape index (κ1) is 16.1. The third-order valence-electron chi connectivity index (χ3n) is 2.67. The fraction of sp³-hybridized carbons (Fsp3) is 0.500. The maximum Gasteiger partial charge on any atom is 0.338 e. The van der Waals surface area contributed by atoms with E-state index in [0.29, 0.717) is 5.56 Å². The summed E-state index contributed by atoms with van der Waals surface area (Å²) in [6.45, 7) is 6.03. The third-order valence-corrected chi connectivity index (χ3v) is 4.65. The largest absolute Gasteiger partial charge is 0.338 e. The number of carbonyl (C=O) groups is 1. The number of aryl methyl sites for hydroxylation is 1. The van der Waals surface area contributed by atoms with Crippen LogP contribution in [0.3, 0.4) is 0 Å². The summed E-state index contributed by atoms with van der Waals surface area (Å²) in [6.07, 6.45) is 0.713. The van der Waals surface area contributed by atoms with E-state index in [4.69, 9.17) is 9.05 Å². The average molecular weight is 284 g/mol. The van der Waals surface area contributed by atoms with Crippen molar-refractivity contribution < 1.29 is 18.4 Å². The highest BCUT2D eigenvalue weighted by Gasteiger charge is 2.27. The molecule has 4 nitrogen and oxygen atoms in total. The van der Waals surface area contributed by atoms with E-state index in [9.17, 15) is 9.36 Å². The van der Waals surface area contributed by atoms with E-state index in [1.807, 2.05) is 12.1 Å². The Morgan fingerprint density at radius 2 is 1.58 bits per heavy atom. The molecule has 0 fully saturated rings. The van der Waals surface area contributed by atoms with Crippen molar-refractivity contribution in [2.24, 2.45) is 0 Å². The number of benzene rings is 1. The van der Waals surface area contributed by atoms with E-state index in [2.05, 4.69) is 6.92 Å². The van der Waals surface area contributed by atoms with Crippen LogP contribution in [0.15, 0.2) is 24.3 Å². The van der Waals surface area contributed by atoms with Gasteiger partial charge >= 0.3 is 7.60 Å². The van der Waals surface area contributed by atoms with Crippen molar-refractivity contribution in [1.82, 2.24) is 0 Å². The molecule has 0 amide bonds. The highest BCUT2D eigenvalue weighted by molar-refractivity contribution is 7.54. The first-order valence-electron chi connectivity index (χ1n) is 6.55. The van der Waals surface area contributed by atoms with E-state index in [0.717, 1.165) is 12.0 Å². The van der Waals surface area contributed by atoms with Gasteiger partial charge in [-0.05, 0) is 25.8 Å². The van der Waals surface area contributed by atoms with Gasteiger partial charge < -0.3 is 9.05 Å². The van der Waals surface area contributed by atoms with E-state index in [1.54, 1.807) is 26.0 Å². The molecule has 0 radical (unpaired) electrons. The number of Topliss-reactive ketones (excluding diaryl/α,β-unsaturated/α-hetero) is 1. The molecule has 0 aliphatic heterocycles. The molecule has 0 saturated heterocycles. The second-order valence-corrected chi connectivity index (χ2v) is 6.13. The predicted octanol–water partition coefficient (Wildman–Crippen LogP) is 3.70. The lowest BCUT2D eigenvalue weighted by Gasteiger charge is -2.16. The van der Waals surface area contributed by atoms with Crippen molar-refractivity contribution in [2.45, 2.75) is 27.2 Å². The van der Waals surface area contributed by atoms with Crippen LogP contribution in [-0.2, 0) is 20.0 Å². The van der Waals surface area contributed by atoms with Gasteiger partial charge in [0.15, 0.2) is 5.78 Å². The standard InChI is InChI=1S/C14H21O4P/c1-4-12-7-9-13(10-8-12)14(15)11-19(16,17-5-2)18-6-3/h7-10H,4-6,11H2,1-3H3. The molecule has 0 spiro atoms. The summed E-state index contributed by atoms with van der Waals surface area (Å²) in [5.74, 6) is -0.215. The van der Waals surface area contributed by atoms with Crippen LogP contribution < -0.4 is 0 Å². The summed E-state index contributed by atoms with van der Waals surface area (Å²) in [5, 5.41) is 0. The molecule has 0 unspecified atom stereocenters. The maximum absolute atomic E-state index is 12.3. The highest BCUT2D eigenvalue weighted by atomic mass is 31.2. The van der Waals surface area contributed by atoms with Gasteiger partial charge in [0.05, 0.1) is 13.2 Å². The lowest BCUT2D eigenvalue weighted by Crippen LogP contribution is -2.10. The first-order chi connectivity index (χ1) is 9.04. The van der Waals surface area contributed by atoms with Gasteiger partial charge in [0.25, 0.3) is 0 Å². The minimum atomic E-state index is -3.31. The lowest BCUT2D eigenvalue weighted by molar-refractivity contribution is 0.100. The van der Waals surface area contributed by atoms with Crippen molar-refractivity contribution in [2.75, 3.05) is 19.4 Å². The van der Waals surface area contributed by atoms with Crippen molar-refractivity contribution in [3.8, 4) is 0 Å². The van der Waals surface area contributed by atoms with Gasteiger partial charge in [-0.2, -0.15) is 0 Å². The zero-order valence-electron chi connectivity index (χ0n) is 11.7. The summed E-state index contributed by atoms with van der Waals surface area (Å²) in [7, 11) is -3.31. The highest BCUT2D eigenvalue weighted by Crippen LogP contribution is 2.48. The smallest absolute Gasteiger partial charge is 0.309 e. The Bertz CT molecular complexity index is 443.